The molecule has 1 aliphatic rings. The molecule has 0 saturated carbocycles. The molecule has 6 heteroatoms. The Balaban J connectivity index is 1.91. The highest BCUT2D eigenvalue weighted by atomic mass is 16.4. The minimum Gasteiger partial charge on any atom is -0.455 e. The molecular weight excluding hydrogens is 244 g/mol. The summed E-state index contributed by atoms with van der Waals surface area (Å²) in [6, 6.07) is 4.05. The summed E-state index contributed by atoms with van der Waals surface area (Å²) >= 11 is 0. The molecule has 0 spiro atoms. The smallest absolute Gasteiger partial charge is 0.300 e. The molecule has 1 amide bonds. The lowest BCUT2D eigenvalue weighted by molar-refractivity contribution is 0.0776. The van der Waals surface area contributed by atoms with Gasteiger partial charge in [-0.05, 0) is 25.6 Å². The van der Waals surface area contributed by atoms with Crippen LogP contribution in [-0.2, 0) is 6.54 Å². The summed E-state index contributed by atoms with van der Waals surface area (Å²) in [5, 5.41) is 0. The molecular formula is C13H22N4O2. The quantitative estimate of drug-likeness (QED) is 0.469. The second-order valence-electron chi connectivity index (χ2n) is 4.95. The number of piperazine rings is 1. The first-order valence-corrected chi connectivity index (χ1v) is 6.70. The average molecular weight is 266 g/mol. The van der Waals surface area contributed by atoms with Crippen LogP contribution in [0.1, 0.15) is 30.2 Å². The Morgan fingerprint density at radius 3 is 2.95 bits per heavy atom. The van der Waals surface area contributed by atoms with Crippen molar-refractivity contribution in [3.05, 3.63) is 23.7 Å². The molecule has 1 atom stereocenters. The first-order chi connectivity index (χ1) is 9.13. The number of carbonyl (C=O) groups excluding carboxylic acids is 1. The molecule has 0 bridgehead atoms. The number of hydrazine groups is 1. The third-order valence-corrected chi connectivity index (χ3v) is 3.65. The molecule has 0 aromatic carbocycles. The number of nitrogens with one attached hydrogen (secondary N) is 1. The van der Waals surface area contributed by atoms with Gasteiger partial charge in [0.05, 0.1) is 6.54 Å². The van der Waals surface area contributed by atoms with Crippen LogP contribution in [0.4, 0.5) is 0 Å². The molecule has 2 rings (SSSR count). The summed E-state index contributed by atoms with van der Waals surface area (Å²) in [7, 11) is 0. The summed E-state index contributed by atoms with van der Waals surface area (Å²) in [5.41, 5.74) is 2.07. The van der Waals surface area contributed by atoms with E-state index in [-0.39, 0.29) is 5.76 Å². The fourth-order valence-corrected chi connectivity index (χ4v) is 2.56. The molecule has 1 unspecified atom stereocenters. The van der Waals surface area contributed by atoms with Gasteiger partial charge >= 0.3 is 5.91 Å². The summed E-state index contributed by atoms with van der Waals surface area (Å²) in [6.07, 6.45) is 0. The van der Waals surface area contributed by atoms with Crippen molar-refractivity contribution in [1.82, 2.24) is 15.2 Å². The van der Waals surface area contributed by atoms with Crippen molar-refractivity contribution in [2.45, 2.75) is 26.4 Å². The Hall–Kier alpha value is -1.37. The Morgan fingerprint density at radius 1 is 1.53 bits per heavy atom. The van der Waals surface area contributed by atoms with Crippen LogP contribution in [0, 0.1) is 0 Å². The van der Waals surface area contributed by atoms with Crippen LogP contribution in [0.5, 0.6) is 0 Å². The second kappa shape index (κ2) is 6.18. The van der Waals surface area contributed by atoms with Crippen molar-refractivity contribution in [2.24, 2.45) is 5.84 Å². The number of carbonyl (C=O) groups is 1. The van der Waals surface area contributed by atoms with E-state index in [0.29, 0.717) is 6.04 Å². The Labute approximate surface area is 113 Å². The van der Waals surface area contributed by atoms with Crippen molar-refractivity contribution >= 4 is 5.91 Å². The maximum atomic E-state index is 11.3. The number of rotatable bonds is 4. The van der Waals surface area contributed by atoms with Crippen molar-refractivity contribution in [1.29, 1.82) is 0 Å². The van der Waals surface area contributed by atoms with Gasteiger partial charge in [-0.25, -0.2) is 5.84 Å². The first kappa shape index (κ1) is 14.0. The summed E-state index contributed by atoms with van der Waals surface area (Å²) in [6.45, 7) is 9.39. The van der Waals surface area contributed by atoms with Crippen LogP contribution in [0.3, 0.4) is 0 Å². The van der Waals surface area contributed by atoms with Crippen LogP contribution in [-0.4, -0.2) is 47.9 Å². The van der Waals surface area contributed by atoms with Gasteiger partial charge in [0.1, 0.15) is 5.76 Å². The van der Waals surface area contributed by atoms with Gasteiger partial charge in [0, 0.05) is 25.7 Å². The van der Waals surface area contributed by atoms with E-state index in [2.05, 4.69) is 29.1 Å². The van der Waals surface area contributed by atoms with E-state index in [1.54, 1.807) is 6.07 Å². The van der Waals surface area contributed by atoms with Gasteiger partial charge in [0.2, 0.25) is 0 Å². The maximum absolute atomic E-state index is 11.3. The highest BCUT2D eigenvalue weighted by Crippen LogP contribution is 2.15. The number of nitrogens with two attached hydrogens (primary N) is 1. The number of hydrogen-bond acceptors (Lipinski definition) is 5. The van der Waals surface area contributed by atoms with Crippen molar-refractivity contribution < 1.29 is 9.21 Å². The molecule has 1 aromatic rings. The first-order valence-electron chi connectivity index (χ1n) is 6.70. The van der Waals surface area contributed by atoms with Gasteiger partial charge in [-0.1, -0.05) is 6.92 Å². The molecule has 1 fully saturated rings. The maximum Gasteiger partial charge on any atom is 0.300 e. The average Bonchev–Trinajstić information content (AvgIpc) is 2.86. The summed E-state index contributed by atoms with van der Waals surface area (Å²) in [4.78, 5) is 16.1. The molecule has 19 heavy (non-hydrogen) atoms. The van der Waals surface area contributed by atoms with Crippen LogP contribution in [0.25, 0.3) is 0 Å². The van der Waals surface area contributed by atoms with Crippen molar-refractivity contribution in [3.8, 4) is 0 Å². The molecule has 106 valence electrons. The summed E-state index contributed by atoms with van der Waals surface area (Å²) in [5.74, 6) is 5.74. The predicted molar refractivity (Wildman–Crippen MR) is 72.3 cm³/mol. The van der Waals surface area contributed by atoms with E-state index in [0.717, 1.165) is 38.5 Å². The van der Waals surface area contributed by atoms with Crippen LogP contribution in [0.15, 0.2) is 16.5 Å². The summed E-state index contributed by atoms with van der Waals surface area (Å²) < 4.78 is 5.48. The lowest BCUT2D eigenvalue weighted by atomic mass is 10.2. The van der Waals surface area contributed by atoms with E-state index in [1.807, 2.05) is 6.07 Å². The Bertz CT molecular complexity index is 432. The molecule has 1 saturated heterocycles. The minimum absolute atomic E-state index is 0.262. The molecule has 0 radical (unpaired) electrons. The second-order valence-corrected chi connectivity index (χ2v) is 4.95. The van der Waals surface area contributed by atoms with E-state index < -0.39 is 5.91 Å². The van der Waals surface area contributed by atoms with Gasteiger partial charge < -0.3 is 4.42 Å². The van der Waals surface area contributed by atoms with E-state index in [1.165, 1.54) is 0 Å². The monoisotopic (exact) mass is 266 g/mol. The Morgan fingerprint density at radius 2 is 2.32 bits per heavy atom. The van der Waals surface area contributed by atoms with Gasteiger partial charge in [-0.15, -0.1) is 0 Å². The third-order valence-electron chi connectivity index (χ3n) is 3.65. The van der Waals surface area contributed by atoms with Gasteiger partial charge in [0.25, 0.3) is 0 Å². The molecule has 6 nitrogen and oxygen atoms in total. The number of likely N-dealkylation sites (N-methyl/N-ethyl adjacent to an activating group) is 1. The lowest BCUT2D eigenvalue weighted by Crippen LogP contribution is -2.51. The van der Waals surface area contributed by atoms with Crippen molar-refractivity contribution in [3.63, 3.8) is 0 Å². The fraction of sp³-hybridized carbons (Fsp3) is 0.615. The van der Waals surface area contributed by atoms with Crippen LogP contribution >= 0.6 is 0 Å². The zero-order valence-electron chi connectivity index (χ0n) is 11.6. The van der Waals surface area contributed by atoms with Gasteiger partial charge in [-0.3, -0.25) is 20.0 Å². The van der Waals surface area contributed by atoms with Crippen molar-refractivity contribution in [2.75, 3.05) is 26.2 Å². The van der Waals surface area contributed by atoms with Crippen LogP contribution < -0.4 is 11.3 Å². The minimum atomic E-state index is -0.393. The molecule has 3 N–H and O–H groups in total. The zero-order valence-corrected chi connectivity index (χ0v) is 11.6. The Kier molecular flexibility index (Phi) is 4.57. The lowest BCUT2D eigenvalue weighted by Gasteiger charge is -2.38. The SMILES string of the molecule is CCN1CCN(Cc2ccc(C(=O)NN)o2)CC1C. The van der Waals surface area contributed by atoms with E-state index in [4.69, 9.17) is 10.3 Å². The number of furan rings is 1. The van der Waals surface area contributed by atoms with E-state index >= 15 is 0 Å². The van der Waals surface area contributed by atoms with Gasteiger partial charge in [-0.2, -0.15) is 0 Å². The molecule has 0 aliphatic carbocycles. The molecule has 1 aliphatic heterocycles. The van der Waals surface area contributed by atoms with Gasteiger partial charge in [0.15, 0.2) is 5.76 Å². The predicted octanol–water partition coefficient (Wildman–Crippen LogP) is 0.409. The van der Waals surface area contributed by atoms with E-state index in [9.17, 15) is 4.79 Å². The number of amides is 1. The number of nitrogen functional groups attached to an aromatic ring is 1. The zero-order chi connectivity index (χ0) is 13.8. The number of nitrogens with zero attached hydrogens (tertiary/aromatic N) is 2. The standard InChI is InChI=1S/C13H22N4O2/c1-3-17-7-6-16(8-10(17)2)9-11-4-5-12(19-11)13(18)15-14/h4-5,10H,3,6-9,14H2,1-2H3,(H,15,18). The van der Waals surface area contributed by atoms with Crippen LogP contribution in [0.2, 0.25) is 0 Å². The molecule has 2 heterocycles. The highest BCUT2D eigenvalue weighted by Gasteiger charge is 2.23. The highest BCUT2D eigenvalue weighted by molar-refractivity contribution is 5.90. The normalized spacial score (nSPS) is 21.5. The topological polar surface area (TPSA) is 74.7 Å². The fourth-order valence-electron chi connectivity index (χ4n) is 2.56. The number of hydrogen-bond donors (Lipinski definition) is 2. The molecule has 1 aromatic heterocycles. The largest absolute Gasteiger partial charge is 0.455 e. The third kappa shape index (κ3) is 3.34.